The van der Waals surface area contributed by atoms with Crippen LogP contribution in [0.3, 0.4) is 0 Å². The number of amides is 2. The van der Waals surface area contributed by atoms with E-state index in [0.29, 0.717) is 28.3 Å². The van der Waals surface area contributed by atoms with Crippen LogP contribution in [0.1, 0.15) is 18.5 Å². The van der Waals surface area contributed by atoms with E-state index in [1.165, 1.54) is 13.2 Å². The largest absolute Gasteiger partial charge is 0.497 e. The van der Waals surface area contributed by atoms with Crippen LogP contribution < -0.4 is 20.1 Å². The number of carbonyl (C=O) groups excluding carboxylic acids is 2. The molecule has 0 aliphatic carbocycles. The number of allylic oxidation sites excluding steroid dienone is 1. The zero-order valence-corrected chi connectivity index (χ0v) is 13.8. The van der Waals surface area contributed by atoms with Crippen LogP contribution in [-0.2, 0) is 9.53 Å². The summed E-state index contributed by atoms with van der Waals surface area (Å²) in [5.74, 6) is 0.554. The second-order valence-electron chi connectivity index (χ2n) is 5.07. The Kier molecular flexibility index (Phi) is 5.47. The highest BCUT2D eigenvalue weighted by atomic mass is 16.5. The van der Waals surface area contributed by atoms with Gasteiger partial charge in [-0.05, 0) is 19.1 Å². The smallest absolute Gasteiger partial charge is 0.338 e. The predicted molar refractivity (Wildman–Crippen MR) is 87.8 cm³/mol. The van der Waals surface area contributed by atoms with Crippen molar-refractivity contribution in [2.45, 2.75) is 13.0 Å². The highest BCUT2D eigenvalue weighted by molar-refractivity contribution is 5.95. The van der Waals surface area contributed by atoms with Gasteiger partial charge in [-0.15, -0.1) is 0 Å². The minimum absolute atomic E-state index is 0.0794. The highest BCUT2D eigenvalue weighted by Gasteiger charge is 2.33. The van der Waals surface area contributed by atoms with Gasteiger partial charge in [-0.3, -0.25) is 0 Å². The normalized spacial score (nSPS) is 16.8. The molecular weight excluding hydrogens is 312 g/mol. The minimum atomic E-state index is -0.697. The van der Waals surface area contributed by atoms with Crippen molar-refractivity contribution in [2.24, 2.45) is 0 Å². The van der Waals surface area contributed by atoms with Gasteiger partial charge < -0.3 is 24.8 Å². The monoisotopic (exact) mass is 332 g/mol. The van der Waals surface area contributed by atoms with E-state index in [0.717, 1.165) is 0 Å². The fourth-order valence-corrected chi connectivity index (χ4v) is 2.47. The number of rotatable bonds is 6. The molecule has 1 aliphatic rings. The fraction of sp³-hybridized carbons (Fsp3) is 0.294. The number of hydrogen-bond donors (Lipinski definition) is 2. The zero-order chi connectivity index (χ0) is 17.7. The Morgan fingerprint density at radius 3 is 2.71 bits per heavy atom. The van der Waals surface area contributed by atoms with Crippen molar-refractivity contribution in [3.8, 4) is 11.5 Å². The Bertz CT molecular complexity index is 696. The summed E-state index contributed by atoms with van der Waals surface area (Å²) >= 11 is 0. The Hall–Kier alpha value is -2.96. The van der Waals surface area contributed by atoms with E-state index in [1.54, 1.807) is 32.2 Å². The van der Waals surface area contributed by atoms with Crippen LogP contribution in [0, 0.1) is 0 Å². The number of methoxy groups -OCH3 is 2. The van der Waals surface area contributed by atoms with E-state index in [1.807, 2.05) is 0 Å². The molecule has 7 heteroatoms. The number of hydrogen-bond acceptors (Lipinski definition) is 5. The van der Waals surface area contributed by atoms with Crippen molar-refractivity contribution in [1.82, 2.24) is 10.6 Å². The lowest BCUT2D eigenvalue weighted by molar-refractivity contribution is -0.138. The Morgan fingerprint density at radius 1 is 1.33 bits per heavy atom. The van der Waals surface area contributed by atoms with Gasteiger partial charge in [0, 0.05) is 17.3 Å². The van der Waals surface area contributed by atoms with Gasteiger partial charge in [0.05, 0.1) is 25.8 Å². The van der Waals surface area contributed by atoms with Gasteiger partial charge in [-0.1, -0.05) is 12.7 Å². The average Bonchev–Trinajstić information content (AvgIpc) is 2.58. The van der Waals surface area contributed by atoms with Gasteiger partial charge in [-0.2, -0.15) is 0 Å². The van der Waals surface area contributed by atoms with Gasteiger partial charge in [0.25, 0.3) is 0 Å². The molecule has 0 fully saturated rings. The summed E-state index contributed by atoms with van der Waals surface area (Å²) in [5.41, 5.74) is 1.36. The van der Waals surface area contributed by atoms with Crippen LogP contribution in [0.5, 0.6) is 11.5 Å². The summed E-state index contributed by atoms with van der Waals surface area (Å²) in [7, 11) is 3.05. The molecule has 0 unspecified atom stereocenters. The summed E-state index contributed by atoms with van der Waals surface area (Å²) in [5, 5.41) is 5.31. The van der Waals surface area contributed by atoms with Gasteiger partial charge in [0.1, 0.15) is 18.1 Å². The number of ether oxygens (including phenoxy) is 3. The lowest BCUT2D eigenvalue weighted by Gasteiger charge is -2.29. The molecule has 0 saturated carbocycles. The fourth-order valence-electron chi connectivity index (χ4n) is 2.47. The molecular formula is C17H20N2O5. The molecule has 0 aromatic heterocycles. The first-order valence-corrected chi connectivity index (χ1v) is 7.30. The molecule has 24 heavy (non-hydrogen) atoms. The number of nitrogens with one attached hydrogen (secondary N) is 2. The molecule has 2 amide bonds. The van der Waals surface area contributed by atoms with E-state index in [-0.39, 0.29) is 6.61 Å². The molecule has 1 aromatic rings. The zero-order valence-electron chi connectivity index (χ0n) is 13.8. The number of carbonyl (C=O) groups is 2. The van der Waals surface area contributed by atoms with Gasteiger partial charge >= 0.3 is 12.0 Å². The molecule has 7 nitrogen and oxygen atoms in total. The number of esters is 1. The third kappa shape index (κ3) is 3.51. The molecule has 2 N–H and O–H groups in total. The first kappa shape index (κ1) is 17.4. The van der Waals surface area contributed by atoms with Crippen LogP contribution in [0.25, 0.3) is 0 Å². The molecule has 1 aromatic carbocycles. The maximum Gasteiger partial charge on any atom is 0.338 e. The molecule has 0 spiro atoms. The number of urea groups is 1. The van der Waals surface area contributed by atoms with E-state index >= 15 is 0 Å². The quantitative estimate of drug-likeness (QED) is 0.615. The third-order valence-corrected chi connectivity index (χ3v) is 3.57. The Morgan fingerprint density at radius 2 is 2.08 bits per heavy atom. The van der Waals surface area contributed by atoms with E-state index < -0.39 is 18.0 Å². The van der Waals surface area contributed by atoms with E-state index in [4.69, 9.17) is 14.2 Å². The summed E-state index contributed by atoms with van der Waals surface area (Å²) in [4.78, 5) is 24.3. The second kappa shape index (κ2) is 7.54. The maximum atomic E-state index is 12.4. The van der Waals surface area contributed by atoms with Gasteiger partial charge in [0.15, 0.2) is 0 Å². The van der Waals surface area contributed by atoms with Crippen molar-refractivity contribution in [3.63, 3.8) is 0 Å². The molecule has 0 radical (unpaired) electrons. The van der Waals surface area contributed by atoms with Crippen LogP contribution in [0.2, 0.25) is 0 Å². The van der Waals surface area contributed by atoms with Crippen molar-refractivity contribution in [2.75, 3.05) is 20.8 Å². The molecule has 0 bridgehead atoms. The lowest BCUT2D eigenvalue weighted by Crippen LogP contribution is -2.45. The van der Waals surface area contributed by atoms with E-state index in [2.05, 4.69) is 17.2 Å². The average molecular weight is 332 g/mol. The summed E-state index contributed by atoms with van der Waals surface area (Å²) in [6.07, 6.45) is 1.48. The van der Waals surface area contributed by atoms with E-state index in [9.17, 15) is 9.59 Å². The first-order chi connectivity index (χ1) is 11.5. The van der Waals surface area contributed by atoms with Crippen molar-refractivity contribution in [1.29, 1.82) is 0 Å². The molecule has 1 heterocycles. The number of benzene rings is 1. The molecule has 0 saturated heterocycles. The van der Waals surface area contributed by atoms with Crippen molar-refractivity contribution >= 4 is 12.0 Å². The van der Waals surface area contributed by atoms with Crippen molar-refractivity contribution < 1.29 is 23.8 Å². The molecule has 128 valence electrons. The Balaban J connectivity index is 2.48. The first-order valence-electron chi connectivity index (χ1n) is 7.30. The SMILES string of the molecule is C=CCOC(=O)C1=C(C)NC(=O)N[C@H]1c1ccc(OC)cc1OC. The van der Waals surface area contributed by atoms with Crippen LogP contribution in [0.4, 0.5) is 4.79 Å². The standard InChI is InChI=1S/C17H20N2O5/c1-5-8-24-16(20)14-10(2)18-17(21)19-15(14)12-7-6-11(22-3)9-13(12)23-4/h5-7,9,15H,1,8H2,2-4H3,(H2,18,19,21)/t15-/m0/s1. The molecule has 1 atom stereocenters. The van der Waals surface area contributed by atoms with Crippen LogP contribution >= 0.6 is 0 Å². The summed E-state index contributed by atoms with van der Waals surface area (Å²) in [6.45, 7) is 5.24. The third-order valence-electron chi connectivity index (χ3n) is 3.57. The van der Waals surface area contributed by atoms with Crippen molar-refractivity contribution in [3.05, 3.63) is 47.7 Å². The summed E-state index contributed by atoms with van der Waals surface area (Å²) in [6, 6.07) is 4.05. The molecule has 1 aliphatic heterocycles. The minimum Gasteiger partial charge on any atom is -0.497 e. The van der Waals surface area contributed by atoms with Gasteiger partial charge in [0.2, 0.25) is 0 Å². The lowest BCUT2D eigenvalue weighted by atomic mass is 9.94. The molecule has 2 rings (SSSR count). The predicted octanol–water partition coefficient (Wildman–Crippen LogP) is 2.06. The topological polar surface area (TPSA) is 85.9 Å². The Labute approximate surface area is 140 Å². The van der Waals surface area contributed by atoms with Crippen LogP contribution in [0.15, 0.2) is 42.1 Å². The van der Waals surface area contributed by atoms with Gasteiger partial charge in [-0.25, -0.2) is 9.59 Å². The summed E-state index contributed by atoms with van der Waals surface area (Å²) < 4.78 is 15.7. The maximum absolute atomic E-state index is 12.4. The second-order valence-corrected chi connectivity index (χ2v) is 5.07. The highest BCUT2D eigenvalue weighted by Crippen LogP contribution is 2.35. The van der Waals surface area contributed by atoms with Crippen LogP contribution in [-0.4, -0.2) is 32.8 Å².